The topological polar surface area (TPSA) is 98.7 Å². The number of hydrogen-bond acceptors (Lipinski definition) is 6. The van der Waals surface area contributed by atoms with Gasteiger partial charge in [0.05, 0.1) is 18.1 Å². The van der Waals surface area contributed by atoms with E-state index in [1.54, 1.807) is 23.1 Å². The molecule has 8 nitrogen and oxygen atoms in total. The highest BCUT2D eigenvalue weighted by Crippen LogP contribution is 2.23. The maximum absolute atomic E-state index is 12.2. The summed E-state index contributed by atoms with van der Waals surface area (Å²) in [4.78, 5) is 24.1. The number of carbonyl (C=O) groups is 1. The van der Waals surface area contributed by atoms with E-state index < -0.39 is 4.92 Å². The number of nitro benzene ring substituents is 1. The van der Waals surface area contributed by atoms with Crippen LogP contribution in [0.25, 0.3) is 11.3 Å². The number of carbonyl (C=O) groups excluding carboxylic acids is 1. The second-order valence-corrected chi connectivity index (χ2v) is 4.78. The Morgan fingerprint density at radius 3 is 2.55 bits per heavy atom. The summed E-state index contributed by atoms with van der Waals surface area (Å²) in [5.74, 6) is 0.187. The van der Waals surface area contributed by atoms with E-state index in [2.05, 4.69) is 5.16 Å². The molecule has 0 spiro atoms. The predicted octanol–water partition coefficient (Wildman–Crippen LogP) is 1.72. The molecule has 1 aromatic heterocycles. The number of nitro groups is 1. The maximum atomic E-state index is 12.2. The van der Waals surface area contributed by atoms with Gasteiger partial charge in [-0.1, -0.05) is 5.16 Å². The van der Waals surface area contributed by atoms with Gasteiger partial charge in [-0.2, -0.15) is 0 Å². The van der Waals surface area contributed by atoms with Crippen LogP contribution in [-0.4, -0.2) is 47.2 Å². The third-order valence-electron chi connectivity index (χ3n) is 3.39. The van der Waals surface area contributed by atoms with Crippen LogP contribution in [0.5, 0.6) is 0 Å². The Balaban J connectivity index is 1.78. The van der Waals surface area contributed by atoms with Crippen LogP contribution >= 0.6 is 0 Å². The van der Waals surface area contributed by atoms with Gasteiger partial charge in [-0.05, 0) is 12.1 Å². The molecular weight excluding hydrogens is 290 g/mol. The lowest BCUT2D eigenvalue weighted by Gasteiger charge is -2.25. The Kier molecular flexibility index (Phi) is 3.84. The van der Waals surface area contributed by atoms with Gasteiger partial charge in [-0.15, -0.1) is 0 Å². The van der Waals surface area contributed by atoms with E-state index in [1.165, 1.54) is 12.1 Å². The lowest BCUT2D eigenvalue weighted by atomic mass is 10.1. The Morgan fingerprint density at radius 1 is 1.23 bits per heavy atom. The van der Waals surface area contributed by atoms with Crippen LogP contribution in [0.15, 0.2) is 34.9 Å². The molecule has 8 heteroatoms. The summed E-state index contributed by atoms with van der Waals surface area (Å²) in [6.45, 7) is 2.08. The zero-order valence-electron chi connectivity index (χ0n) is 11.6. The fourth-order valence-electron chi connectivity index (χ4n) is 2.19. The molecular formula is C14H13N3O5. The van der Waals surface area contributed by atoms with Crippen molar-refractivity contribution in [2.75, 3.05) is 26.3 Å². The molecule has 22 heavy (non-hydrogen) atoms. The van der Waals surface area contributed by atoms with Crippen LogP contribution < -0.4 is 0 Å². The van der Waals surface area contributed by atoms with Crippen LogP contribution in [0.3, 0.4) is 0 Å². The summed E-state index contributed by atoms with van der Waals surface area (Å²) in [5, 5.41) is 14.4. The van der Waals surface area contributed by atoms with Crippen molar-refractivity contribution >= 4 is 11.6 Å². The van der Waals surface area contributed by atoms with Crippen molar-refractivity contribution < 1.29 is 19.0 Å². The van der Waals surface area contributed by atoms with E-state index in [0.717, 1.165) is 0 Å². The first-order chi connectivity index (χ1) is 10.6. The first kappa shape index (κ1) is 14.2. The first-order valence-electron chi connectivity index (χ1n) is 6.74. The highest BCUT2D eigenvalue weighted by atomic mass is 16.6. The highest BCUT2D eigenvalue weighted by Gasteiger charge is 2.22. The van der Waals surface area contributed by atoms with Gasteiger partial charge in [0.25, 0.3) is 11.6 Å². The number of rotatable bonds is 3. The van der Waals surface area contributed by atoms with Crippen molar-refractivity contribution in [2.45, 2.75) is 0 Å². The van der Waals surface area contributed by atoms with Gasteiger partial charge < -0.3 is 14.2 Å². The van der Waals surface area contributed by atoms with Crippen LogP contribution in [0.4, 0.5) is 5.69 Å². The zero-order chi connectivity index (χ0) is 15.5. The fourth-order valence-corrected chi connectivity index (χ4v) is 2.19. The number of amides is 1. The van der Waals surface area contributed by atoms with Crippen molar-refractivity contribution in [2.24, 2.45) is 0 Å². The van der Waals surface area contributed by atoms with E-state index in [4.69, 9.17) is 9.26 Å². The molecule has 0 unspecified atom stereocenters. The Hall–Kier alpha value is -2.74. The molecule has 0 saturated carbocycles. The van der Waals surface area contributed by atoms with Gasteiger partial charge in [0.15, 0.2) is 11.5 Å². The van der Waals surface area contributed by atoms with E-state index >= 15 is 0 Å². The van der Waals surface area contributed by atoms with Gasteiger partial charge in [-0.25, -0.2) is 0 Å². The molecule has 0 radical (unpaired) electrons. The van der Waals surface area contributed by atoms with Crippen molar-refractivity contribution in [3.63, 3.8) is 0 Å². The molecule has 0 aliphatic carbocycles. The zero-order valence-corrected chi connectivity index (χ0v) is 11.6. The molecule has 114 valence electrons. The molecule has 3 rings (SSSR count). The summed E-state index contributed by atoms with van der Waals surface area (Å²) in [7, 11) is 0. The Labute approximate surface area is 125 Å². The number of ether oxygens (including phenoxy) is 1. The van der Waals surface area contributed by atoms with Crippen LogP contribution in [0.1, 0.15) is 10.5 Å². The van der Waals surface area contributed by atoms with Gasteiger partial charge >= 0.3 is 0 Å². The third-order valence-corrected chi connectivity index (χ3v) is 3.39. The number of morpholine rings is 1. The summed E-state index contributed by atoms with van der Waals surface area (Å²) in [5.41, 5.74) is 0.835. The summed E-state index contributed by atoms with van der Waals surface area (Å²) in [6, 6.07) is 7.41. The van der Waals surface area contributed by atoms with Gasteiger partial charge in [0, 0.05) is 36.9 Å². The van der Waals surface area contributed by atoms with Gasteiger partial charge in [0.2, 0.25) is 0 Å². The number of nitrogens with zero attached hydrogens (tertiary/aromatic N) is 3. The first-order valence-corrected chi connectivity index (χ1v) is 6.74. The predicted molar refractivity (Wildman–Crippen MR) is 75.3 cm³/mol. The Morgan fingerprint density at radius 2 is 1.91 bits per heavy atom. The van der Waals surface area contributed by atoms with Gasteiger partial charge in [-0.3, -0.25) is 14.9 Å². The summed E-state index contributed by atoms with van der Waals surface area (Å²) < 4.78 is 10.4. The number of non-ortho nitro benzene ring substituents is 1. The molecule has 0 atom stereocenters. The van der Waals surface area contributed by atoms with E-state index in [0.29, 0.717) is 37.6 Å². The molecule has 0 N–H and O–H groups in total. The van der Waals surface area contributed by atoms with Crippen molar-refractivity contribution in [3.05, 3.63) is 46.1 Å². The van der Waals surface area contributed by atoms with Crippen molar-refractivity contribution in [1.29, 1.82) is 0 Å². The average molecular weight is 303 g/mol. The quantitative estimate of drug-likeness (QED) is 0.632. The molecule has 1 aliphatic rings. The third kappa shape index (κ3) is 2.82. The largest absolute Gasteiger partial charge is 0.378 e. The molecule has 1 fully saturated rings. The van der Waals surface area contributed by atoms with Crippen LogP contribution in [-0.2, 0) is 4.74 Å². The second kappa shape index (κ2) is 5.94. The second-order valence-electron chi connectivity index (χ2n) is 4.78. The smallest absolute Gasteiger partial charge is 0.276 e. The van der Waals surface area contributed by atoms with Crippen molar-refractivity contribution in [1.82, 2.24) is 10.1 Å². The number of aromatic nitrogens is 1. The molecule has 1 amide bonds. The summed E-state index contributed by atoms with van der Waals surface area (Å²) in [6.07, 6.45) is 0. The normalized spacial score (nSPS) is 14.8. The standard InChI is InChI=1S/C14H13N3O5/c18-14(16-5-7-21-8-6-16)12-9-13(22-15-12)10-1-3-11(4-2-10)17(19)20/h1-4,9H,5-8H2. The average Bonchev–Trinajstić information content (AvgIpc) is 3.05. The van der Waals surface area contributed by atoms with Crippen LogP contribution in [0.2, 0.25) is 0 Å². The lowest BCUT2D eigenvalue weighted by molar-refractivity contribution is -0.384. The monoisotopic (exact) mass is 303 g/mol. The molecule has 2 heterocycles. The minimum atomic E-state index is -0.475. The molecule has 1 saturated heterocycles. The molecule has 1 aliphatic heterocycles. The number of benzene rings is 1. The molecule has 0 bridgehead atoms. The Bertz CT molecular complexity index is 689. The van der Waals surface area contributed by atoms with E-state index in [-0.39, 0.29) is 17.3 Å². The van der Waals surface area contributed by atoms with Crippen LogP contribution in [0, 0.1) is 10.1 Å². The van der Waals surface area contributed by atoms with E-state index in [1.807, 2.05) is 0 Å². The molecule has 1 aromatic carbocycles. The SMILES string of the molecule is O=C(c1cc(-c2ccc([N+](=O)[O-])cc2)on1)N1CCOCC1. The van der Waals surface area contributed by atoms with Crippen molar-refractivity contribution in [3.8, 4) is 11.3 Å². The number of hydrogen-bond donors (Lipinski definition) is 0. The van der Waals surface area contributed by atoms with Gasteiger partial charge in [0.1, 0.15) is 0 Å². The lowest BCUT2D eigenvalue weighted by Crippen LogP contribution is -2.40. The fraction of sp³-hybridized carbons (Fsp3) is 0.286. The van der Waals surface area contributed by atoms with E-state index in [9.17, 15) is 14.9 Å². The molecule has 2 aromatic rings. The highest BCUT2D eigenvalue weighted by molar-refractivity contribution is 5.93. The minimum absolute atomic E-state index is 0.00659. The minimum Gasteiger partial charge on any atom is -0.378 e. The summed E-state index contributed by atoms with van der Waals surface area (Å²) >= 11 is 0. The maximum Gasteiger partial charge on any atom is 0.276 e.